The Balaban J connectivity index is 1.89. The Hall–Kier alpha value is -3.73. The van der Waals surface area contributed by atoms with E-state index in [-0.39, 0.29) is 5.69 Å². The van der Waals surface area contributed by atoms with Gasteiger partial charge in [0.1, 0.15) is 0 Å². The van der Waals surface area contributed by atoms with E-state index in [1.54, 1.807) is 18.3 Å². The summed E-state index contributed by atoms with van der Waals surface area (Å²) in [5, 5.41) is 14.3. The fourth-order valence-electron chi connectivity index (χ4n) is 2.59. The van der Waals surface area contributed by atoms with Gasteiger partial charge in [-0.2, -0.15) is 0 Å². The second kappa shape index (κ2) is 8.77. The molecule has 0 amide bonds. The van der Waals surface area contributed by atoms with Gasteiger partial charge in [-0.3, -0.25) is 15.1 Å². The van der Waals surface area contributed by atoms with Crippen molar-refractivity contribution in [1.29, 1.82) is 0 Å². The van der Waals surface area contributed by atoms with Crippen molar-refractivity contribution in [3.63, 3.8) is 0 Å². The summed E-state index contributed by atoms with van der Waals surface area (Å²) in [6.07, 6.45) is 3.59. The molecule has 28 heavy (non-hydrogen) atoms. The van der Waals surface area contributed by atoms with Crippen molar-refractivity contribution >= 4 is 29.0 Å². The summed E-state index contributed by atoms with van der Waals surface area (Å²) >= 11 is 0. The van der Waals surface area contributed by atoms with E-state index in [9.17, 15) is 10.1 Å². The number of hydrogen-bond acceptors (Lipinski definition) is 4. The Bertz CT molecular complexity index is 1000. The van der Waals surface area contributed by atoms with Crippen LogP contribution in [0.4, 0.5) is 17.1 Å². The number of nitro groups is 1. The zero-order valence-corrected chi connectivity index (χ0v) is 15.8. The van der Waals surface area contributed by atoms with Gasteiger partial charge in [-0.25, -0.2) is 0 Å². The topological polar surface area (TPSA) is 67.5 Å². The summed E-state index contributed by atoms with van der Waals surface area (Å²) in [5.41, 5.74) is 5.84. The van der Waals surface area contributed by atoms with Crippen LogP contribution in [0, 0.1) is 24.0 Å². The molecule has 3 rings (SSSR count). The molecule has 0 saturated carbocycles. The summed E-state index contributed by atoms with van der Waals surface area (Å²) < 4.78 is 0. The van der Waals surface area contributed by atoms with Crippen molar-refractivity contribution in [2.75, 3.05) is 5.32 Å². The average Bonchev–Trinajstić information content (AvgIpc) is 2.70. The van der Waals surface area contributed by atoms with Gasteiger partial charge in [0.15, 0.2) is 0 Å². The van der Waals surface area contributed by atoms with Crippen LogP contribution in [0.1, 0.15) is 16.7 Å². The SMILES string of the molecule is Cc1ccc(N=CC=C(Nc2ccc(C)cc2)c2ccc([N+](=O)[O-])cc2)cc1. The van der Waals surface area contributed by atoms with Gasteiger partial charge in [0.05, 0.1) is 10.6 Å². The van der Waals surface area contributed by atoms with E-state index >= 15 is 0 Å². The molecule has 0 aromatic heterocycles. The zero-order chi connectivity index (χ0) is 19.9. The van der Waals surface area contributed by atoms with Crippen LogP contribution in [-0.4, -0.2) is 11.1 Å². The first-order valence-corrected chi connectivity index (χ1v) is 8.91. The Morgan fingerprint density at radius 2 is 1.46 bits per heavy atom. The quantitative estimate of drug-likeness (QED) is 0.325. The molecule has 5 nitrogen and oxygen atoms in total. The van der Waals surface area contributed by atoms with Crippen LogP contribution in [0.5, 0.6) is 0 Å². The lowest BCUT2D eigenvalue weighted by Crippen LogP contribution is -2.00. The van der Waals surface area contributed by atoms with Crippen molar-refractivity contribution in [2.24, 2.45) is 4.99 Å². The fraction of sp³-hybridized carbons (Fsp3) is 0.0870. The van der Waals surface area contributed by atoms with Gasteiger partial charge in [0.25, 0.3) is 5.69 Å². The van der Waals surface area contributed by atoms with E-state index in [1.165, 1.54) is 23.3 Å². The molecule has 0 radical (unpaired) electrons. The van der Waals surface area contributed by atoms with E-state index in [0.717, 1.165) is 22.6 Å². The molecule has 3 aromatic rings. The van der Waals surface area contributed by atoms with E-state index < -0.39 is 4.92 Å². The maximum Gasteiger partial charge on any atom is 0.269 e. The number of aryl methyl sites for hydroxylation is 2. The first-order valence-electron chi connectivity index (χ1n) is 8.91. The predicted molar refractivity (Wildman–Crippen MR) is 115 cm³/mol. The van der Waals surface area contributed by atoms with Crippen LogP contribution >= 0.6 is 0 Å². The lowest BCUT2D eigenvalue weighted by molar-refractivity contribution is -0.384. The number of anilines is 1. The molecule has 5 heteroatoms. The van der Waals surface area contributed by atoms with Gasteiger partial charge in [-0.1, -0.05) is 35.4 Å². The first kappa shape index (κ1) is 19.0. The molecule has 0 bridgehead atoms. The number of non-ortho nitro benzene ring substituents is 1. The number of nitrogens with one attached hydrogen (secondary N) is 1. The summed E-state index contributed by atoms with van der Waals surface area (Å²) in [6, 6.07) is 22.4. The van der Waals surface area contributed by atoms with E-state index in [0.29, 0.717) is 0 Å². The molecule has 0 spiro atoms. The molecule has 0 fully saturated rings. The Morgan fingerprint density at radius 3 is 2.04 bits per heavy atom. The van der Waals surface area contributed by atoms with Crippen molar-refractivity contribution in [3.8, 4) is 0 Å². The van der Waals surface area contributed by atoms with Crippen molar-refractivity contribution < 1.29 is 4.92 Å². The third-order valence-corrected chi connectivity index (χ3v) is 4.22. The van der Waals surface area contributed by atoms with Gasteiger partial charge in [-0.05, 0) is 61.9 Å². The summed E-state index contributed by atoms with van der Waals surface area (Å²) in [6.45, 7) is 4.07. The third kappa shape index (κ3) is 5.14. The number of rotatable bonds is 6. The largest absolute Gasteiger partial charge is 0.355 e. The standard InChI is InChI=1S/C23H21N3O2/c1-17-3-9-20(10-4-17)24-16-15-23(25-21-11-5-18(2)6-12-21)19-7-13-22(14-8-19)26(27)28/h3-16,25H,1-2H3. The van der Waals surface area contributed by atoms with Crippen LogP contribution < -0.4 is 5.32 Å². The minimum Gasteiger partial charge on any atom is -0.355 e. The van der Waals surface area contributed by atoms with Gasteiger partial charge in [-0.15, -0.1) is 0 Å². The van der Waals surface area contributed by atoms with Gasteiger partial charge in [0.2, 0.25) is 0 Å². The Morgan fingerprint density at radius 1 is 0.893 bits per heavy atom. The summed E-state index contributed by atoms with van der Waals surface area (Å²) in [7, 11) is 0. The van der Waals surface area contributed by atoms with Crippen molar-refractivity contribution in [2.45, 2.75) is 13.8 Å². The van der Waals surface area contributed by atoms with Gasteiger partial charge in [0, 0.05) is 29.7 Å². The number of aliphatic imine (C=N–C) groups is 1. The predicted octanol–water partition coefficient (Wildman–Crippen LogP) is 6.07. The molecular weight excluding hydrogens is 350 g/mol. The Labute approximate surface area is 164 Å². The summed E-state index contributed by atoms with van der Waals surface area (Å²) in [5.74, 6) is 0. The minimum atomic E-state index is -0.403. The van der Waals surface area contributed by atoms with E-state index in [2.05, 4.69) is 10.3 Å². The van der Waals surface area contributed by atoms with Crippen LogP contribution in [0.15, 0.2) is 83.9 Å². The number of hydrogen-bond donors (Lipinski definition) is 1. The van der Waals surface area contributed by atoms with Crippen LogP contribution in [0.2, 0.25) is 0 Å². The molecule has 0 aliphatic heterocycles. The molecule has 0 atom stereocenters. The molecule has 0 unspecified atom stereocenters. The molecule has 1 N–H and O–H groups in total. The number of benzene rings is 3. The highest BCUT2D eigenvalue weighted by Crippen LogP contribution is 2.22. The van der Waals surface area contributed by atoms with E-state index in [4.69, 9.17) is 0 Å². The van der Waals surface area contributed by atoms with Crippen LogP contribution in [0.3, 0.4) is 0 Å². The first-order chi connectivity index (χ1) is 13.5. The highest BCUT2D eigenvalue weighted by Gasteiger charge is 2.07. The lowest BCUT2D eigenvalue weighted by atomic mass is 10.1. The van der Waals surface area contributed by atoms with E-state index in [1.807, 2.05) is 68.5 Å². The maximum atomic E-state index is 10.9. The minimum absolute atomic E-state index is 0.0618. The molecule has 0 aliphatic rings. The monoisotopic (exact) mass is 371 g/mol. The highest BCUT2D eigenvalue weighted by molar-refractivity contribution is 5.90. The smallest absolute Gasteiger partial charge is 0.269 e. The zero-order valence-electron chi connectivity index (χ0n) is 15.8. The molecule has 140 valence electrons. The lowest BCUT2D eigenvalue weighted by Gasteiger charge is -2.11. The van der Waals surface area contributed by atoms with Crippen molar-refractivity contribution in [3.05, 3.63) is 106 Å². The van der Waals surface area contributed by atoms with Crippen molar-refractivity contribution in [1.82, 2.24) is 0 Å². The number of nitro benzene ring substituents is 1. The van der Waals surface area contributed by atoms with Gasteiger partial charge < -0.3 is 5.32 Å². The second-order valence-electron chi connectivity index (χ2n) is 6.49. The molecule has 0 saturated heterocycles. The van der Waals surface area contributed by atoms with Crippen LogP contribution in [-0.2, 0) is 0 Å². The normalized spacial score (nSPS) is 11.6. The molecule has 0 aliphatic carbocycles. The Kier molecular flexibility index (Phi) is 5.97. The summed E-state index contributed by atoms with van der Waals surface area (Å²) in [4.78, 5) is 15.0. The van der Waals surface area contributed by atoms with Crippen LogP contribution in [0.25, 0.3) is 5.70 Å². The third-order valence-electron chi connectivity index (χ3n) is 4.22. The molecular formula is C23H21N3O2. The molecule has 0 heterocycles. The number of nitrogens with zero attached hydrogens (tertiary/aromatic N) is 2. The maximum absolute atomic E-state index is 10.9. The number of allylic oxidation sites excluding steroid dienone is 1. The average molecular weight is 371 g/mol. The second-order valence-corrected chi connectivity index (χ2v) is 6.49. The fourth-order valence-corrected chi connectivity index (χ4v) is 2.59. The molecule has 3 aromatic carbocycles. The highest BCUT2D eigenvalue weighted by atomic mass is 16.6. The van der Waals surface area contributed by atoms with Gasteiger partial charge >= 0.3 is 0 Å².